The smallest absolute Gasteiger partial charge is 0.0474 e. The molecule has 1 saturated heterocycles. The van der Waals surface area contributed by atoms with Crippen molar-refractivity contribution >= 4 is 0 Å². The minimum atomic E-state index is 0.158. The molecule has 2 atom stereocenters. The molecule has 0 bridgehead atoms. The van der Waals surface area contributed by atoms with Crippen molar-refractivity contribution in [2.75, 3.05) is 33.2 Å². The van der Waals surface area contributed by atoms with Gasteiger partial charge in [0.05, 0.1) is 0 Å². The SMILES string of the molecule is CC1CN(C(CNC(C)(C)C)c2ccccc2)CCN1C. The lowest BCUT2D eigenvalue weighted by molar-refractivity contribution is 0.0688. The normalized spacial score (nSPS) is 23.2. The van der Waals surface area contributed by atoms with Crippen LogP contribution in [-0.4, -0.2) is 54.6 Å². The van der Waals surface area contributed by atoms with Crippen LogP contribution < -0.4 is 5.32 Å². The standard InChI is InChI=1S/C18H31N3/c1-15-14-21(12-11-20(15)5)17(13-19-18(2,3)4)16-9-7-6-8-10-16/h6-10,15,17,19H,11-14H2,1-5H3. The first-order valence-electron chi connectivity index (χ1n) is 8.11. The predicted molar refractivity (Wildman–Crippen MR) is 90.6 cm³/mol. The number of nitrogens with one attached hydrogen (secondary N) is 1. The average Bonchev–Trinajstić information content (AvgIpc) is 2.43. The minimum Gasteiger partial charge on any atom is -0.310 e. The van der Waals surface area contributed by atoms with Gasteiger partial charge >= 0.3 is 0 Å². The first kappa shape index (κ1) is 16.5. The zero-order chi connectivity index (χ0) is 15.5. The van der Waals surface area contributed by atoms with Crippen molar-refractivity contribution in [3.8, 4) is 0 Å². The van der Waals surface area contributed by atoms with Gasteiger partial charge in [0.1, 0.15) is 0 Å². The Morgan fingerprint density at radius 2 is 1.86 bits per heavy atom. The fraction of sp³-hybridized carbons (Fsp3) is 0.667. The highest BCUT2D eigenvalue weighted by Gasteiger charge is 2.28. The third-order valence-electron chi connectivity index (χ3n) is 4.44. The fourth-order valence-electron chi connectivity index (χ4n) is 2.90. The van der Waals surface area contributed by atoms with Crippen molar-refractivity contribution in [1.29, 1.82) is 0 Å². The van der Waals surface area contributed by atoms with Crippen molar-refractivity contribution < 1.29 is 0 Å². The molecule has 0 saturated carbocycles. The van der Waals surface area contributed by atoms with E-state index in [4.69, 9.17) is 0 Å². The third kappa shape index (κ3) is 4.80. The molecule has 2 rings (SSSR count). The highest BCUT2D eigenvalue weighted by atomic mass is 15.3. The average molecular weight is 289 g/mol. The van der Waals surface area contributed by atoms with Crippen LogP contribution in [0.15, 0.2) is 30.3 Å². The van der Waals surface area contributed by atoms with E-state index < -0.39 is 0 Å². The van der Waals surface area contributed by atoms with Crippen molar-refractivity contribution in [1.82, 2.24) is 15.1 Å². The summed E-state index contributed by atoms with van der Waals surface area (Å²) in [5, 5.41) is 3.69. The van der Waals surface area contributed by atoms with Crippen LogP contribution in [0.5, 0.6) is 0 Å². The van der Waals surface area contributed by atoms with Crippen LogP contribution in [0.25, 0.3) is 0 Å². The molecule has 0 spiro atoms. The first-order valence-corrected chi connectivity index (χ1v) is 8.11. The lowest BCUT2D eigenvalue weighted by atomic mass is 10.0. The summed E-state index contributed by atoms with van der Waals surface area (Å²) in [4.78, 5) is 5.09. The molecule has 1 aromatic carbocycles. The highest BCUT2D eigenvalue weighted by molar-refractivity contribution is 5.20. The van der Waals surface area contributed by atoms with E-state index in [0.717, 1.165) is 26.2 Å². The molecular weight excluding hydrogens is 258 g/mol. The zero-order valence-corrected chi connectivity index (χ0v) is 14.3. The second-order valence-electron chi connectivity index (χ2n) is 7.38. The van der Waals surface area contributed by atoms with Gasteiger partial charge in [0.2, 0.25) is 0 Å². The van der Waals surface area contributed by atoms with Crippen molar-refractivity contribution in [2.24, 2.45) is 0 Å². The summed E-state index contributed by atoms with van der Waals surface area (Å²) in [7, 11) is 2.23. The number of rotatable bonds is 4. The second kappa shape index (κ2) is 6.91. The van der Waals surface area contributed by atoms with E-state index in [2.05, 4.69) is 80.2 Å². The Hall–Kier alpha value is -0.900. The quantitative estimate of drug-likeness (QED) is 0.919. The zero-order valence-electron chi connectivity index (χ0n) is 14.3. The maximum absolute atomic E-state index is 3.69. The van der Waals surface area contributed by atoms with Gasteiger partial charge in [-0.1, -0.05) is 30.3 Å². The van der Waals surface area contributed by atoms with Crippen LogP contribution >= 0.6 is 0 Å². The number of hydrogen-bond acceptors (Lipinski definition) is 3. The van der Waals surface area contributed by atoms with Crippen LogP contribution in [0, 0.1) is 0 Å². The summed E-state index contributed by atoms with van der Waals surface area (Å²) in [5.74, 6) is 0. The molecular formula is C18H31N3. The van der Waals surface area contributed by atoms with Gasteiger partial charge in [-0.15, -0.1) is 0 Å². The Bertz CT molecular complexity index is 424. The molecule has 1 N–H and O–H groups in total. The second-order valence-corrected chi connectivity index (χ2v) is 7.38. The highest BCUT2D eigenvalue weighted by Crippen LogP contribution is 2.23. The molecule has 1 aromatic rings. The van der Waals surface area contributed by atoms with E-state index in [-0.39, 0.29) is 5.54 Å². The van der Waals surface area contributed by atoms with Crippen LogP contribution in [0.4, 0.5) is 0 Å². The predicted octanol–water partition coefficient (Wildman–Crippen LogP) is 2.75. The van der Waals surface area contributed by atoms with Crippen LogP contribution in [-0.2, 0) is 0 Å². The third-order valence-corrected chi connectivity index (χ3v) is 4.44. The van der Waals surface area contributed by atoms with Gasteiger partial charge in [-0.3, -0.25) is 4.90 Å². The number of nitrogens with zero attached hydrogens (tertiary/aromatic N) is 2. The molecule has 1 heterocycles. The van der Waals surface area contributed by atoms with E-state index in [1.54, 1.807) is 0 Å². The maximum Gasteiger partial charge on any atom is 0.0474 e. The van der Waals surface area contributed by atoms with Crippen LogP contribution in [0.3, 0.4) is 0 Å². The summed E-state index contributed by atoms with van der Waals surface area (Å²) >= 11 is 0. The van der Waals surface area contributed by atoms with E-state index in [9.17, 15) is 0 Å². The monoisotopic (exact) mass is 289 g/mol. The Morgan fingerprint density at radius 1 is 1.19 bits per heavy atom. The molecule has 3 nitrogen and oxygen atoms in total. The molecule has 0 aromatic heterocycles. The van der Waals surface area contributed by atoms with Crippen LogP contribution in [0.2, 0.25) is 0 Å². The lowest BCUT2D eigenvalue weighted by Gasteiger charge is -2.42. The summed E-state index contributed by atoms with van der Waals surface area (Å²) < 4.78 is 0. The largest absolute Gasteiger partial charge is 0.310 e. The summed E-state index contributed by atoms with van der Waals surface area (Å²) in [6.07, 6.45) is 0. The molecule has 3 heteroatoms. The van der Waals surface area contributed by atoms with Gasteiger partial charge in [-0.2, -0.15) is 0 Å². The van der Waals surface area contributed by atoms with Crippen molar-refractivity contribution in [2.45, 2.75) is 45.3 Å². The topological polar surface area (TPSA) is 18.5 Å². The Morgan fingerprint density at radius 3 is 2.43 bits per heavy atom. The van der Waals surface area contributed by atoms with Crippen molar-refractivity contribution in [3.05, 3.63) is 35.9 Å². The van der Waals surface area contributed by atoms with Gasteiger partial charge in [0, 0.05) is 43.8 Å². The maximum atomic E-state index is 3.69. The molecule has 21 heavy (non-hydrogen) atoms. The van der Waals surface area contributed by atoms with Crippen molar-refractivity contribution in [3.63, 3.8) is 0 Å². The fourth-order valence-corrected chi connectivity index (χ4v) is 2.90. The van der Waals surface area contributed by atoms with E-state index >= 15 is 0 Å². The van der Waals surface area contributed by atoms with Gasteiger partial charge in [-0.25, -0.2) is 0 Å². The van der Waals surface area contributed by atoms with E-state index in [1.807, 2.05) is 0 Å². The molecule has 0 amide bonds. The number of piperazine rings is 1. The van der Waals surface area contributed by atoms with E-state index in [0.29, 0.717) is 12.1 Å². The molecule has 1 aliphatic rings. The number of likely N-dealkylation sites (N-methyl/N-ethyl adjacent to an activating group) is 1. The van der Waals surface area contributed by atoms with Gasteiger partial charge in [0.15, 0.2) is 0 Å². The molecule has 0 aliphatic carbocycles. The summed E-state index contributed by atoms with van der Waals surface area (Å²) in [5.41, 5.74) is 1.58. The number of benzene rings is 1. The lowest BCUT2D eigenvalue weighted by Crippen LogP contribution is -2.53. The van der Waals surface area contributed by atoms with Gasteiger partial charge < -0.3 is 10.2 Å². The van der Waals surface area contributed by atoms with Gasteiger partial charge in [-0.05, 0) is 40.3 Å². The Balaban J connectivity index is 2.12. The molecule has 2 unspecified atom stereocenters. The minimum absolute atomic E-state index is 0.158. The Kier molecular flexibility index (Phi) is 5.42. The van der Waals surface area contributed by atoms with E-state index in [1.165, 1.54) is 5.56 Å². The van der Waals surface area contributed by atoms with Crippen LogP contribution in [0.1, 0.15) is 39.3 Å². The molecule has 0 radical (unpaired) electrons. The summed E-state index contributed by atoms with van der Waals surface area (Å²) in [6.45, 7) is 13.5. The Labute approximate surface area is 130 Å². The molecule has 1 fully saturated rings. The molecule has 118 valence electrons. The number of hydrogen-bond donors (Lipinski definition) is 1. The summed E-state index contributed by atoms with van der Waals surface area (Å²) in [6, 6.07) is 12.0. The van der Waals surface area contributed by atoms with Gasteiger partial charge in [0.25, 0.3) is 0 Å². The first-order chi connectivity index (χ1) is 9.87. The molecule has 1 aliphatic heterocycles.